The van der Waals surface area contributed by atoms with Gasteiger partial charge in [-0.15, -0.1) is 11.3 Å². The first kappa shape index (κ1) is 18.6. The number of amides is 1. The molecule has 1 aliphatic carbocycles. The normalized spacial score (nSPS) is 20.7. The molecule has 1 amide bonds. The summed E-state index contributed by atoms with van der Waals surface area (Å²) in [6.45, 7) is 0. The molecule has 0 saturated heterocycles. The largest absolute Gasteiger partial charge is 0.508 e. The fraction of sp³-hybridized carbons (Fsp3) is 0.375. The Hall–Kier alpha value is -2.17. The van der Waals surface area contributed by atoms with Gasteiger partial charge in [0.1, 0.15) is 5.75 Å². The fourth-order valence-corrected chi connectivity index (χ4v) is 5.17. The first-order chi connectivity index (χ1) is 12.2. The number of hydrogen-bond donors (Lipinski definition) is 4. The maximum absolute atomic E-state index is 11.8. The minimum atomic E-state index is -3.98. The summed E-state index contributed by atoms with van der Waals surface area (Å²) in [5.74, 6) is 0.0439. The number of phenols is 1. The Bertz CT molecular complexity index is 918. The van der Waals surface area contributed by atoms with Crippen LogP contribution in [0.15, 0.2) is 29.3 Å². The first-order valence-electron chi connectivity index (χ1n) is 8.05. The molecular formula is C16H19N3O5S2. The van der Waals surface area contributed by atoms with Gasteiger partial charge in [0.05, 0.1) is 14.8 Å². The highest BCUT2D eigenvalue weighted by Crippen LogP contribution is 2.39. The van der Waals surface area contributed by atoms with Gasteiger partial charge in [-0.3, -0.25) is 0 Å². The number of nitrogens with two attached hydrogens (primary N) is 1. The number of primary sulfonamides is 1. The smallest absolute Gasteiger partial charge is 0.404 e. The predicted molar refractivity (Wildman–Crippen MR) is 96.7 cm³/mol. The number of aromatic nitrogens is 1. The molecule has 2 aromatic rings. The zero-order valence-electron chi connectivity index (χ0n) is 13.8. The van der Waals surface area contributed by atoms with Crippen molar-refractivity contribution in [3.8, 4) is 16.2 Å². The summed E-state index contributed by atoms with van der Waals surface area (Å²) in [6.07, 6.45) is 3.72. The number of thiazole rings is 1. The van der Waals surface area contributed by atoms with Crippen LogP contribution in [0.2, 0.25) is 0 Å². The van der Waals surface area contributed by atoms with Crippen LogP contribution in [0.25, 0.3) is 10.4 Å². The molecule has 1 fully saturated rings. The molecule has 0 spiro atoms. The first-order valence-corrected chi connectivity index (χ1v) is 10.4. The van der Waals surface area contributed by atoms with E-state index in [9.17, 15) is 18.3 Å². The molecule has 26 heavy (non-hydrogen) atoms. The molecule has 0 bridgehead atoms. The van der Waals surface area contributed by atoms with Gasteiger partial charge in [0.15, 0.2) is 0 Å². The van der Waals surface area contributed by atoms with Crippen molar-refractivity contribution in [2.24, 2.45) is 5.14 Å². The van der Waals surface area contributed by atoms with E-state index in [1.54, 1.807) is 6.20 Å². The van der Waals surface area contributed by atoms with Gasteiger partial charge in [0.25, 0.3) is 0 Å². The number of nitrogens with zero attached hydrogens (tertiary/aromatic N) is 1. The molecule has 1 aromatic carbocycles. The molecule has 8 nitrogen and oxygen atoms in total. The second kappa shape index (κ2) is 7.22. The van der Waals surface area contributed by atoms with E-state index >= 15 is 0 Å². The number of hydrogen-bond acceptors (Lipinski definition) is 6. The van der Waals surface area contributed by atoms with Gasteiger partial charge in [-0.05, 0) is 37.8 Å². The highest BCUT2D eigenvalue weighted by molar-refractivity contribution is 7.89. The second-order valence-corrected chi connectivity index (χ2v) is 8.88. The predicted octanol–water partition coefficient (Wildman–Crippen LogP) is 2.46. The van der Waals surface area contributed by atoms with Gasteiger partial charge >= 0.3 is 6.09 Å². The van der Waals surface area contributed by atoms with Crippen molar-refractivity contribution in [3.63, 3.8) is 0 Å². The molecule has 0 aliphatic heterocycles. The minimum absolute atomic E-state index is 0.0331. The zero-order chi connectivity index (χ0) is 18.9. The molecule has 5 N–H and O–H groups in total. The summed E-state index contributed by atoms with van der Waals surface area (Å²) in [4.78, 5) is 15.7. The summed E-state index contributed by atoms with van der Waals surface area (Å²) >= 11 is 1.39. The number of nitrogens with one attached hydrogen (secondary N) is 1. The summed E-state index contributed by atoms with van der Waals surface area (Å²) < 4.78 is 23.6. The third-order valence-corrected chi connectivity index (χ3v) is 6.61. The van der Waals surface area contributed by atoms with Crippen LogP contribution in [0.5, 0.6) is 5.75 Å². The number of sulfonamides is 1. The van der Waals surface area contributed by atoms with Crippen LogP contribution in [0.3, 0.4) is 0 Å². The number of rotatable bonds is 4. The molecule has 0 radical (unpaired) electrons. The Morgan fingerprint density at radius 2 is 1.96 bits per heavy atom. The average Bonchev–Trinajstić information content (AvgIpc) is 3.04. The molecule has 1 aromatic heterocycles. The molecule has 0 atom stereocenters. The summed E-state index contributed by atoms with van der Waals surface area (Å²) in [7, 11) is -3.98. The summed E-state index contributed by atoms with van der Waals surface area (Å²) in [5.41, 5.74) is 0.412. The van der Waals surface area contributed by atoms with Crippen LogP contribution >= 0.6 is 11.3 Å². The second-order valence-electron chi connectivity index (χ2n) is 6.29. The maximum atomic E-state index is 11.8. The number of carbonyl (C=O) groups is 1. The minimum Gasteiger partial charge on any atom is -0.508 e. The summed E-state index contributed by atoms with van der Waals surface area (Å²) in [6, 6.07) is 4.02. The topological polar surface area (TPSA) is 143 Å². The Morgan fingerprint density at radius 1 is 1.27 bits per heavy atom. The lowest BCUT2D eigenvalue weighted by molar-refractivity contribution is 0.185. The average molecular weight is 397 g/mol. The van der Waals surface area contributed by atoms with E-state index in [2.05, 4.69) is 10.3 Å². The zero-order valence-corrected chi connectivity index (χ0v) is 15.4. The highest BCUT2D eigenvalue weighted by atomic mass is 32.2. The van der Waals surface area contributed by atoms with Crippen LogP contribution in [-0.4, -0.2) is 35.7 Å². The van der Waals surface area contributed by atoms with E-state index in [4.69, 9.17) is 10.2 Å². The van der Waals surface area contributed by atoms with Crippen LogP contribution in [0.4, 0.5) is 4.79 Å². The molecule has 1 aliphatic rings. The Morgan fingerprint density at radius 3 is 2.58 bits per heavy atom. The third-order valence-electron chi connectivity index (χ3n) is 4.46. The van der Waals surface area contributed by atoms with Gasteiger partial charge in [-0.25, -0.2) is 23.3 Å². The van der Waals surface area contributed by atoms with Gasteiger partial charge in [-0.2, -0.15) is 0 Å². The maximum Gasteiger partial charge on any atom is 0.404 e. The highest BCUT2D eigenvalue weighted by Gasteiger charge is 2.26. The molecule has 1 heterocycles. The van der Waals surface area contributed by atoms with Gasteiger partial charge < -0.3 is 15.5 Å². The molecule has 1 saturated carbocycles. The van der Waals surface area contributed by atoms with Crippen molar-refractivity contribution in [3.05, 3.63) is 29.4 Å². The van der Waals surface area contributed by atoms with Gasteiger partial charge in [-0.1, -0.05) is 0 Å². The Labute approximate surface area is 154 Å². The van der Waals surface area contributed by atoms with Crippen LogP contribution in [0.1, 0.15) is 36.6 Å². The fourth-order valence-electron chi connectivity index (χ4n) is 3.21. The molecule has 0 unspecified atom stereocenters. The monoisotopic (exact) mass is 397 g/mol. The SMILES string of the molecule is NS(=O)(=O)c1cc(O)ccc1-c1cnc([C@H]2CC[C@H](NC(=O)O)CC2)s1. The van der Waals surface area contributed by atoms with E-state index in [-0.39, 0.29) is 22.6 Å². The lowest BCUT2D eigenvalue weighted by atomic mass is 9.86. The number of benzene rings is 1. The molecule has 10 heteroatoms. The van der Waals surface area contributed by atoms with Crippen molar-refractivity contribution in [2.45, 2.75) is 42.5 Å². The summed E-state index contributed by atoms with van der Waals surface area (Å²) in [5, 5.41) is 27.0. The van der Waals surface area contributed by atoms with Gasteiger partial charge in [0, 0.05) is 29.8 Å². The number of aromatic hydroxyl groups is 1. The van der Waals surface area contributed by atoms with Crippen molar-refractivity contribution >= 4 is 27.5 Å². The molecule has 3 rings (SSSR count). The number of carboxylic acid groups (broad SMARTS) is 1. The Kier molecular flexibility index (Phi) is 5.17. The van der Waals surface area contributed by atoms with E-state index in [1.165, 1.54) is 23.5 Å². The van der Waals surface area contributed by atoms with E-state index in [0.29, 0.717) is 10.4 Å². The van der Waals surface area contributed by atoms with Crippen LogP contribution in [-0.2, 0) is 10.0 Å². The van der Waals surface area contributed by atoms with Crippen molar-refractivity contribution in [2.75, 3.05) is 0 Å². The van der Waals surface area contributed by atoms with E-state index in [0.717, 1.165) is 36.8 Å². The lowest BCUT2D eigenvalue weighted by Gasteiger charge is -2.27. The number of phenolic OH excluding ortho intramolecular Hbond substituents is 1. The van der Waals surface area contributed by atoms with E-state index in [1.807, 2.05) is 0 Å². The molecule has 140 valence electrons. The van der Waals surface area contributed by atoms with Crippen molar-refractivity contribution in [1.29, 1.82) is 0 Å². The van der Waals surface area contributed by atoms with Crippen molar-refractivity contribution in [1.82, 2.24) is 10.3 Å². The van der Waals surface area contributed by atoms with Crippen LogP contribution in [0, 0.1) is 0 Å². The van der Waals surface area contributed by atoms with Crippen molar-refractivity contribution < 1.29 is 23.4 Å². The standard InChI is InChI=1S/C16H19N3O5S2/c17-26(23,24)14-7-11(20)5-6-12(14)13-8-18-15(25-13)9-1-3-10(4-2-9)19-16(21)22/h5-10,19-20H,1-4H2,(H,21,22)(H2,17,23,24)/t9-,10-. The Balaban J connectivity index is 1.81. The molecular weight excluding hydrogens is 378 g/mol. The van der Waals surface area contributed by atoms with Gasteiger partial charge in [0.2, 0.25) is 10.0 Å². The van der Waals surface area contributed by atoms with E-state index < -0.39 is 16.1 Å². The van der Waals surface area contributed by atoms with Crippen LogP contribution < -0.4 is 10.5 Å². The lowest BCUT2D eigenvalue weighted by Crippen LogP contribution is -2.36. The quantitative estimate of drug-likeness (QED) is 0.624. The third kappa shape index (κ3) is 4.14.